The van der Waals surface area contributed by atoms with Crippen LogP contribution in [0.4, 0.5) is 20.3 Å². The van der Waals surface area contributed by atoms with Crippen LogP contribution in [0.1, 0.15) is 10.4 Å². The van der Waals surface area contributed by atoms with E-state index in [4.69, 9.17) is 5.11 Å². The number of pyridine rings is 1. The summed E-state index contributed by atoms with van der Waals surface area (Å²) in [6, 6.07) is 0.994. The van der Waals surface area contributed by atoms with Gasteiger partial charge in [-0.05, 0) is 0 Å². The van der Waals surface area contributed by atoms with Crippen molar-refractivity contribution in [2.24, 2.45) is 0 Å². The van der Waals surface area contributed by atoms with Gasteiger partial charge in [0, 0.05) is 12.6 Å². The summed E-state index contributed by atoms with van der Waals surface area (Å²) >= 11 is 0. The van der Waals surface area contributed by atoms with E-state index in [1.54, 1.807) is 0 Å². The number of nitro groups is 1. The van der Waals surface area contributed by atoms with Crippen molar-refractivity contribution in [2.45, 2.75) is 6.43 Å². The van der Waals surface area contributed by atoms with Crippen LogP contribution in [-0.4, -0.2) is 47.2 Å². The molecule has 0 atom stereocenters. The summed E-state index contributed by atoms with van der Waals surface area (Å²) in [5.41, 5.74) is -1.14. The number of halogens is 2. The number of aromatic nitrogens is 1. The van der Waals surface area contributed by atoms with Crippen molar-refractivity contribution in [1.29, 1.82) is 0 Å². The fourth-order valence-corrected chi connectivity index (χ4v) is 1.29. The Morgan fingerprint density at radius 1 is 1.60 bits per heavy atom. The van der Waals surface area contributed by atoms with Gasteiger partial charge in [0.2, 0.25) is 0 Å². The third-order valence-corrected chi connectivity index (χ3v) is 2.11. The largest absolute Gasteiger partial charge is 0.477 e. The molecule has 0 aromatic carbocycles. The smallest absolute Gasteiger partial charge is 0.342 e. The van der Waals surface area contributed by atoms with E-state index >= 15 is 0 Å². The minimum Gasteiger partial charge on any atom is -0.477 e. The van der Waals surface area contributed by atoms with Crippen molar-refractivity contribution in [1.82, 2.24) is 4.98 Å². The fourth-order valence-electron chi connectivity index (χ4n) is 1.29. The minimum atomic E-state index is -2.56. The molecule has 0 fully saturated rings. The quantitative estimate of drug-likeness (QED) is 0.422. The van der Waals surface area contributed by atoms with Gasteiger partial charge in [-0.3, -0.25) is 10.1 Å². The molecule has 2 N–H and O–H groups in total. The number of ether oxygens (including phenoxy) is 1. The van der Waals surface area contributed by atoms with Crippen molar-refractivity contribution in [2.75, 3.05) is 25.1 Å². The van der Waals surface area contributed by atoms with Crippen LogP contribution < -0.4 is 5.32 Å². The van der Waals surface area contributed by atoms with Crippen LogP contribution in [0.2, 0.25) is 0 Å². The van der Waals surface area contributed by atoms with E-state index in [0.717, 1.165) is 12.3 Å². The number of hydrogen-bond acceptors (Lipinski definition) is 6. The van der Waals surface area contributed by atoms with Crippen LogP contribution in [-0.2, 0) is 4.74 Å². The highest BCUT2D eigenvalue weighted by molar-refractivity contribution is 5.93. The second-order valence-corrected chi connectivity index (χ2v) is 3.54. The van der Waals surface area contributed by atoms with Gasteiger partial charge >= 0.3 is 11.7 Å². The molecule has 1 rings (SSSR count). The zero-order valence-corrected chi connectivity index (χ0v) is 10.1. The molecular weight excluding hydrogens is 280 g/mol. The molecule has 1 heterocycles. The predicted octanol–water partition coefficient (Wildman–Crippen LogP) is 1.38. The summed E-state index contributed by atoms with van der Waals surface area (Å²) in [4.78, 5) is 24.3. The molecule has 0 unspecified atom stereocenters. The Bertz CT molecular complexity index is 498. The molecule has 1 aromatic rings. The molecule has 0 saturated heterocycles. The molecule has 110 valence electrons. The normalized spacial score (nSPS) is 10.6. The number of carbonyl (C=O) groups is 1. The lowest BCUT2D eigenvalue weighted by Crippen LogP contribution is -2.14. The highest BCUT2D eigenvalue weighted by Crippen LogP contribution is 2.19. The topological polar surface area (TPSA) is 115 Å². The van der Waals surface area contributed by atoms with Gasteiger partial charge in [0.1, 0.15) is 24.2 Å². The van der Waals surface area contributed by atoms with Crippen LogP contribution in [0.15, 0.2) is 12.3 Å². The number of nitrogens with one attached hydrogen (secondary N) is 1. The molecular formula is C10H11F2N3O5. The summed E-state index contributed by atoms with van der Waals surface area (Å²) < 4.78 is 28.1. The second kappa shape index (κ2) is 7.28. The molecule has 8 nitrogen and oxygen atoms in total. The highest BCUT2D eigenvalue weighted by Gasteiger charge is 2.20. The first-order valence-electron chi connectivity index (χ1n) is 5.39. The summed E-state index contributed by atoms with van der Waals surface area (Å²) in [5.74, 6) is -1.38. The number of carboxylic acids is 1. The standard InChI is InChI=1S/C10H11F2N3O5/c11-8(12)5-20-2-1-13-9-3-6(10(16)17)7(4-14-9)15(18)19/h3-4,8H,1-2,5H2,(H,13,14)(H,16,17). The molecule has 0 amide bonds. The molecule has 0 aliphatic heterocycles. The van der Waals surface area contributed by atoms with E-state index in [1.165, 1.54) is 0 Å². The van der Waals surface area contributed by atoms with E-state index in [9.17, 15) is 23.7 Å². The Balaban J connectivity index is 2.61. The third kappa shape index (κ3) is 4.72. The summed E-state index contributed by atoms with van der Waals surface area (Å²) in [6.07, 6.45) is -1.75. The van der Waals surface area contributed by atoms with Gasteiger partial charge in [0.15, 0.2) is 0 Å². The number of anilines is 1. The lowest BCUT2D eigenvalue weighted by atomic mass is 10.2. The van der Waals surface area contributed by atoms with E-state index in [0.29, 0.717) is 0 Å². The maximum absolute atomic E-state index is 11.8. The van der Waals surface area contributed by atoms with Crippen LogP contribution in [0.25, 0.3) is 0 Å². The Labute approximate surface area is 111 Å². The molecule has 0 aliphatic carbocycles. The molecule has 0 spiro atoms. The van der Waals surface area contributed by atoms with Gasteiger partial charge in [0.25, 0.3) is 6.43 Å². The Morgan fingerprint density at radius 3 is 2.85 bits per heavy atom. The van der Waals surface area contributed by atoms with Crippen LogP contribution in [0, 0.1) is 10.1 Å². The zero-order chi connectivity index (χ0) is 15.1. The average Bonchev–Trinajstić information content (AvgIpc) is 2.37. The van der Waals surface area contributed by atoms with Crippen molar-refractivity contribution in [3.05, 3.63) is 27.9 Å². The van der Waals surface area contributed by atoms with Crippen molar-refractivity contribution in [3.63, 3.8) is 0 Å². The lowest BCUT2D eigenvalue weighted by Gasteiger charge is -2.07. The van der Waals surface area contributed by atoms with E-state index < -0.39 is 35.2 Å². The first-order valence-corrected chi connectivity index (χ1v) is 5.39. The van der Waals surface area contributed by atoms with Gasteiger partial charge in [-0.1, -0.05) is 0 Å². The van der Waals surface area contributed by atoms with Crippen LogP contribution >= 0.6 is 0 Å². The second-order valence-electron chi connectivity index (χ2n) is 3.54. The Morgan fingerprint density at radius 2 is 2.30 bits per heavy atom. The van der Waals surface area contributed by atoms with Gasteiger partial charge in [-0.25, -0.2) is 18.6 Å². The molecule has 1 aromatic heterocycles. The van der Waals surface area contributed by atoms with E-state index in [2.05, 4.69) is 15.0 Å². The monoisotopic (exact) mass is 291 g/mol. The summed E-state index contributed by atoms with van der Waals surface area (Å²) in [5, 5.41) is 22.0. The average molecular weight is 291 g/mol. The molecule has 20 heavy (non-hydrogen) atoms. The van der Waals surface area contributed by atoms with Crippen molar-refractivity contribution < 1.29 is 28.3 Å². The van der Waals surface area contributed by atoms with Crippen LogP contribution in [0.5, 0.6) is 0 Å². The molecule has 0 radical (unpaired) electrons. The van der Waals surface area contributed by atoms with Gasteiger partial charge in [-0.15, -0.1) is 0 Å². The van der Waals surface area contributed by atoms with Crippen LogP contribution in [0.3, 0.4) is 0 Å². The Kier molecular flexibility index (Phi) is 5.72. The SMILES string of the molecule is O=C(O)c1cc(NCCOCC(F)F)ncc1[N+](=O)[O-]. The number of aromatic carboxylic acids is 1. The zero-order valence-electron chi connectivity index (χ0n) is 10.1. The molecule has 10 heteroatoms. The summed E-state index contributed by atoms with van der Waals surface area (Å²) in [6.45, 7) is -0.627. The predicted molar refractivity (Wildman–Crippen MR) is 63.2 cm³/mol. The van der Waals surface area contributed by atoms with Gasteiger partial charge in [0.05, 0.1) is 11.5 Å². The van der Waals surface area contributed by atoms with Gasteiger partial charge in [-0.2, -0.15) is 0 Å². The molecule has 0 bridgehead atoms. The molecule has 0 aliphatic rings. The fraction of sp³-hybridized carbons (Fsp3) is 0.400. The molecule has 0 saturated carbocycles. The summed E-state index contributed by atoms with van der Waals surface area (Å²) in [7, 11) is 0. The minimum absolute atomic E-state index is 0.0363. The Hall–Kier alpha value is -2.36. The highest BCUT2D eigenvalue weighted by atomic mass is 19.3. The lowest BCUT2D eigenvalue weighted by molar-refractivity contribution is -0.385. The maximum Gasteiger partial charge on any atom is 0.342 e. The number of alkyl halides is 2. The number of carboxylic acid groups (broad SMARTS) is 1. The third-order valence-electron chi connectivity index (χ3n) is 2.11. The van der Waals surface area contributed by atoms with Crippen molar-refractivity contribution in [3.8, 4) is 0 Å². The van der Waals surface area contributed by atoms with E-state index in [-0.39, 0.29) is 19.0 Å². The van der Waals surface area contributed by atoms with Crippen molar-refractivity contribution >= 4 is 17.5 Å². The number of nitrogens with zero attached hydrogens (tertiary/aromatic N) is 2. The number of rotatable bonds is 8. The number of hydrogen-bond donors (Lipinski definition) is 2. The van der Waals surface area contributed by atoms with Gasteiger partial charge < -0.3 is 15.2 Å². The maximum atomic E-state index is 11.8. The van der Waals surface area contributed by atoms with E-state index in [1.807, 2.05) is 0 Å². The first-order chi connectivity index (χ1) is 9.41. The first kappa shape index (κ1) is 15.7.